The van der Waals surface area contributed by atoms with Crippen molar-refractivity contribution in [1.82, 2.24) is 10.3 Å². The van der Waals surface area contributed by atoms with Gasteiger partial charge in [0, 0.05) is 24.2 Å². The average molecular weight is 311 g/mol. The number of pyridine rings is 1. The number of fused-ring (bicyclic) bond motifs is 1. The molecule has 0 radical (unpaired) electrons. The number of benzene rings is 1. The highest BCUT2D eigenvalue weighted by Crippen LogP contribution is 2.35. The van der Waals surface area contributed by atoms with Gasteiger partial charge in [-0.1, -0.05) is 0 Å². The number of hydrogen-bond donors (Lipinski definition) is 1. The Bertz CT molecular complexity index is 615. The molecular formula is C15H19ClN2O3. The fourth-order valence-electron chi connectivity index (χ4n) is 2.46. The highest BCUT2D eigenvalue weighted by atomic mass is 35.5. The maximum atomic E-state index is 6.06. The molecule has 0 saturated carbocycles. The van der Waals surface area contributed by atoms with Crippen LogP contribution in [0.5, 0.6) is 17.2 Å². The summed E-state index contributed by atoms with van der Waals surface area (Å²) in [6.07, 6.45) is 3.00. The van der Waals surface area contributed by atoms with Crippen LogP contribution in [0.3, 0.4) is 0 Å². The van der Waals surface area contributed by atoms with E-state index in [-0.39, 0.29) is 18.5 Å². The van der Waals surface area contributed by atoms with Crippen molar-refractivity contribution in [1.29, 1.82) is 0 Å². The predicted octanol–water partition coefficient (Wildman–Crippen LogP) is 2.41. The molecule has 114 valence electrons. The van der Waals surface area contributed by atoms with E-state index in [4.69, 9.17) is 14.2 Å². The molecule has 0 amide bonds. The average Bonchev–Trinajstić information content (AvgIpc) is 2.99. The maximum absolute atomic E-state index is 6.06. The van der Waals surface area contributed by atoms with Crippen LogP contribution in [-0.4, -0.2) is 38.4 Å². The van der Waals surface area contributed by atoms with E-state index in [1.807, 2.05) is 18.2 Å². The second-order valence-electron chi connectivity index (χ2n) is 4.77. The van der Waals surface area contributed by atoms with Crippen molar-refractivity contribution in [3.63, 3.8) is 0 Å². The summed E-state index contributed by atoms with van der Waals surface area (Å²) in [5.41, 5.74) is 0.839. The third-order valence-electron chi connectivity index (χ3n) is 3.52. The van der Waals surface area contributed by atoms with Gasteiger partial charge in [-0.05, 0) is 25.1 Å². The van der Waals surface area contributed by atoms with Gasteiger partial charge < -0.3 is 19.5 Å². The first-order chi connectivity index (χ1) is 9.81. The molecule has 1 unspecified atom stereocenters. The summed E-state index contributed by atoms with van der Waals surface area (Å²) < 4.78 is 16.7. The van der Waals surface area contributed by atoms with Crippen LogP contribution >= 0.6 is 12.4 Å². The number of halogens is 1. The van der Waals surface area contributed by atoms with Crippen LogP contribution in [0.1, 0.15) is 6.42 Å². The van der Waals surface area contributed by atoms with Crippen molar-refractivity contribution in [2.45, 2.75) is 12.5 Å². The van der Waals surface area contributed by atoms with Crippen LogP contribution in [0.2, 0.25) is 0 Å². The molecule has 0 aliphatic carbocycles. The molecule has 1 atom stereocenters. The Balaban J connectivity index is 0.00000161. The molecular weight excluding hydrogens is 292 g/mol. The number of nitrogens with one attached hydrogen (secondary N) is 1. The predicted molar refractivity (Wildman–Crippen MR) is 84.0 cm³/mol. The van der Waals surface area contributed by atoms with Crippen LogP contribution in [-0.2, 0) is 0 Å². The molecule has 2 aromatic rings. The largest absolute Gasteiger partial charge is 0.493 e. The second-order valence-corrected chi connectivity index (χ2v) is 4.77. The van der Waals surface area contributed by atoms with E-state index in [0.29, 0.717) is 11.5 Å². The van der Waals surface area contributed by atoms with Gasteiger partial charge in [0.25, 0.3) is 0 Å². The van der Waals surface area contributed by atoms with E-state index in [1.54, 1.807) is 20.4 Å². The van der Waals surface area contributed by atoms with Crippen molar-refractivity contribution in [2.75, 3.05) is 27.3 Å². The molecule has 1 aromatic heterocycles. The minimum absolute atomic E-state index is 0. The minimum Gasteiger partial charge on any atom is -0.493 e. The minimum atomic E-state index is 0. The summed E-state index contributed by atoms with van der Waals surface area (Å²) >= 11 is 0. The van der Waals surface area contributed by atoms with E-state index in [2.05, 4.69) is 10.3 Å². The first kappa shape index (κ1) is 15.7. The van der Waals surface area contributed by atoms with Crippen LogP contribution < -0.4 is 19.5 Å². The van der Waals surface area contributed by atoms with E-state index >= 15 is 0 Å². The lowest BCUT2D eigenvalue weighted by Crippen LogP contribution is -2.19. The fourth-order valence-corrected chi connectivity index (χ4v) is 2.46. The zero-order valence-corrected chi connectivity index (χ0v) is 12.9. The van der Waals surface area contributed by atoms with Crippen LogP contribution in [0.4, 0.5) is 0 Å². The smallest absolute Gasteiger partial charge is 0.162 e. The number of methoxy groups -OCH3 is 2. The summed E-state index contributed by atoms with van der Waals surface area (Å²) in [6.45, 7) is 1.89. The summed E-state index contributed by atoms with van der Waals surface area (Å²) in [4.78, 5) is 4.37. The van der Waals surface area contributed by atoms with Crippen molar-refractivity contribution >= 4 is 23.3 Å². The SMILES string of the molecule is COc1cc2nccc(OC3CCNC3)c2cc1OC.Cl. The van der Waals surface area contributed by atoms with Gasteiger partial charge in [0.1, 0.15) is 11.9 Å². The van der Waals surface area contributed by atoms with Gasteiger partial charge in [0.05, 0.1) is 19.7 Å². The summed E-state index contributed by atoms with van der Waals surface area (Å²) in [5, 5.41) is 4.24. The first-order valence-corrected chi connectivity index (χ1v) is 6.70. The van der Waals surface area contributed by atoms with Crippen LogP contribution in [0.25, 0.3) is 10.9 Å². The van der Waals surface area contributed by atoms with Gasteiger partial charge >= 0.3 is 0 Å². The lowest BCUT2D eigenvalue weighted by Gasteiger charge is -2.15. The molecule has 1 saturated heterocycles. The van der Waals surface area contributed by atoms with E-state index in [1.165, 1.54) is 0 Å². The monoisotopic (exact) mass is 310 g/mol. The highest BCUT2D eigenvalue weighted by molar-refractivity contribution is 5.88. The fraction of sp³-hybridized carbons (Fsp3) is 0.400. The van der Waals surface area contributed by atoms with Crippen molar-refractivity contribution < 1.29 is 14.2 Å². The molecule has 1 N–H and O–H groups in total. The molecule has 1 fully saturated rings. The summed E-state index contributed by atoms with van der Waals surface area (Å²) in [6, 6.07) is 5.68. The van der Waals surface area contributed by atoms with Crippen molar-refractivity contribution in [2.24, 2.45) is 0 Å². The van der Waals surface area contributed by atoms with E-state index in [0.717, 1.165) is 36.2 Å². The van der Waals surface area contributed by atoms with Gasteiger partial charge in [0.2, 0.25) is 0 Å². The third kappa shape index (κ3) is 3.14. The third-order valence-corrected chi connectivity index (χ3v) is 3.52. The highest BCUT2D eigenvalue weighted by Gasteiger charge is 2.18. The van der Waals surface area contributed by atoms with Gasteiger partial charge in [-0.15, -0.1) is 12.4 Å². The number of hydrogen-bond acceptors (Lipinski definition) is 5. The lowest BCUT2D eigenvalue weighted by atomic mass is 10.1. The molecule has 1 aromatic carbocycles. The molecule has 2 heterocycles. The Morgan fingerprint density at radius 1 is 1.14 bits per heavy atom. The Kier molecular flexibility index (Phi) is 5.09. The zero-order chi connectivity index (χ0) is 13.9. The first-order valence-electron chi connectivity index (χ1n) is 6.70. The number of nitrogens with zero attached hydrogens (tertiary/aromatic N) is 1. The standard InChI is InChI=1S/C15H18N2O3.ClH/c1-18-14-7-11-12(8-15(14)19-2)17-6-4-13(11)20-10-3-5-16-9-10;/h4,6-8,10,16H,3,5,9H2,1-2H3;1H. The van der Waals surface area contributed by atoms with Crippen LogP contribution in [0, 0.1) is 0 Å². The molecule has 21 heavy (non-hydrogen) atoms. The number of ether oxygens (including phenoxy) is 3. The Hall–Kier alpha value is -1.72. The molecule has 0 bridgehead atoms. The van der Waals surface area contributed by atoms with Crippen LogP contribution in [0.15, 0.2) is 24.4 Å². The molecule has 3 rings (SSSR count). The molecule has 1 aliphatic rings. The molecule has 5 nitrogen and oxygen atoms in total. The Labute approximate surface area is 130 Å². The zero-order valence-electron chi connectivity index (χ0n) is 12.1. The quantitative estimate of drug-likeness (QED) is 0.940. The molecule has 0 spiro atoms. The Morgan fingerprint density at radius 2 is 1.90 bits per heavy atom. The van der Waals surface area contributed by atoms with E-state index in [9.17, 15) is 0 Å². The normalized spacial score (nSPS) is 17.3. The van der Waals surface area contributed by atoms with Gasteiger partial charge in [-0.2, -0.15) is 0 Å². The maximum Gasteiger partial charge on any atom is 0.162 e. The number of aromatic nitrogens is 1. The molecule has 6 heteroatoms. The van der Waals surface area contributed by atoms with Crippen molar-refractivity contribution in [3.05, 3.63) is 24.4 Å². The topological polar surface area (TPSA) is 52.6 Å². The Morgan fingerprint density at radius 3 is 2.57 bits per heavy atom. The van der Waals surface area contributed by atoms with Gasteiger partial charge in [0.15, 0.2) is 11.5 Å². The van der Waals surface area contributed by atoms with Gasteiger partial charge in [-0.3, -0.25) is 4.98 Å². The summed E-state index contributed by atoms with van der Waals surface area (Å²) in [5.74, 6) is 2.19. The van der Waals surface area contributed by atoms with Gasteiger partial charge in [-0.25, -0.2) is 0 Å². The second kappa shape index (κ2) is 6.83. The lowest BCUT2D eigenvalue weighted by molar-refractivity contribution is 0.226. The van der Waals surface area contributed by atoms with Crippen molar-refractivity contribution in [3.8, 4) is 17.2 Å². The number of rotatable bonds is 4. The molecule has 1 aliphatic heterocycles. The van der Waals surface area contributed by atoms with E-state index < -0.39 is 0 Å². The summed E-state index contributed by atoms with van der Waals surface area (Å²) in [7, 11) is 3.25.